The molecule has 148 valence electrons. The fourth-order valence-electron chi connectivity index (χ4n) is 3.84. The van der Waals surface area contributed by atoms with Gasteiger partial charge < -0.3 is 14.2 Å². The molecule has 1 atom stereocenters. The van der Waals surface area contributed by atoms with Crippen LogP contribution in [-0.2, 0) is 15.9 Å². The summed E-state index contributed by atoms with van der Waals surface area (Å²) in [6.07, 6.45) is 5.56. The van der Waals surface area contributed by atoms with Crippen molar-refractivity contribution in [1.29, 1.82) is 0 Å². The van der Waals surface area contributed by atoms with Crippen LogP contribution >= 0.6 is 0 Å². The zero-order chi connectivity index (χ0) is 19.6. The highest BCUT2D eigenvalue weighted by atomic mass is 16.6. The third kappa shape index (κ3) is 4.15. The highest BCUT2D eigenvalue weighted by Crippen LogP contribution is 2.31. The molecule has 5 rings (SSSR count). The second kappa shape index (κ2) is 7.92. The molecule has 3 aromatic carbocycles. The third-order valence-electron chi connectivity index (χ3n) is 5.58. The van der Waals surface area contributed by atoms with Gasteiger partial charge in [-0.05, 0) is 70.1 Å². The molecule has 0 aromatic heterocycles. The molecule has 29 heavy (non-hydrogen) atoms. The van der Waals surface area contributed by atoms with Crippen LogP contribution in [0.5, 0.6) is 5.75 Å². The molecule has 1 aliphatic carbocycles. The Labute approximate surface area is 171 Å². The lowest BCUT2D eigenvalue weighted by Gasteiger charge is -2.18. The van der Waals surface area contributed by atoms with Gasteiger partial charge in [-0.3, -0.25) is 0 Å². The fourth-order valence-corrected chi connectivity index (χ4v) is 3.84. The number of epoxide rings is 1. The summed E-state index contributed by atoms with van der Waals surface area (Å²) < 4.78 is 16.9. The van der Waals surface area contributed by atoms with Crippen molar-refractivity contribution in [1.82, 2.24) is 0 Å². The number of benzene rings is 3. The first-order chi connectivity index (χ1) is 14.3. The van der Waals surface area contributed by atoms with Gasteiger partial charge in [-0.25, -0.2) is 0 Å². The fraction of sp³-hybridized carbons (Fsp3) is 0.308. The Morgan fingerprint density at radius 2 is 1.69 bits per heavy atom. The first-order valence-corrected chi connectivity index (χ1v) is 10.5. The van der Waals surface area contributed by atoms with Crippen molar-refractivity contribution < 1.29 is 14.2 Å². The van der Waals surface area contributed by atoms with Gasteiger partial charge in [-0.1, -0.05) is 43.3 Å². The Balaban J connectivity index is 1.37. The van der Waals surface area contributed by atoms with Gasteiger partial charge in [0.15, 0.2) is 0 Å². The van der Waals surface area contributed by atoms with Crippen LogP contribution in [0.15, 0.2) is 60.4 Å². The van der Waals surface area contributed by atoms with Gasteiger partial charge in [0, 0.05) is 6.42 Å². The minimum atomic E-state index is 0.279. The minimum Gasteiger partial charge on any atom is -0.498 e. The Bertz CT molecular complexity index is 1060. The Hall–Kier alpha value is -2.78. The average Bonchev–Trinajstić information content (AvgIpc) is 3.60. The Morgan fingerprint density at radius 1 is 0.897 bits per heavy atom. The van der Waals surface area contributed by atoms with E-state index in [1.54, 1.807) is 0 Å². The van der Waals surface area contributed by atoms with Gasteiger partial charge in [-0.2, -0.15) is 0 Å². The Morgan fingerprint density at radius 3 is 2.55 bits per heavy atom. The lowest BCUT2D eigenvalue weighted by Crippen LogP contribution is -2.03. The molecule has 3 heteroatoms. The Kier molecular flexibility index (Phi) is 4.99. The summed E-state index contributed by atoms with van der Waals surface area (Å²) in [6.45, 7) is 4.40. The predicted octanol–water partition coefficient (Wildman–Crippen LogP) is 6.00. The highest BCUT2D eigenvalue weighted by Gasteiger charge is 2.23. The molecule has 0 bridgehead atoms. The van der Waals surface area contributed by atoms with E-state index < -0.39 is 0 Å². The predicted molar refractivity (Wildman–Crippen MR) is 117 cm³/mol. The van der Waals surface area contributed by atoms with E-state index in [0.717, 1.165) is 44.0 Å². The van der Waals surface area contributed by atoms with Gasteiger partial charge in [-0.15, -0.1) is 0 Å². The number of hydrogen-bond donors (Lipinski definition) is 0. The second-order valence-corrected chi connectivity index (χ2v) is 7.86. The van der Waals surface area contributed by atoms with Gasteiger partial charge in [0.05, 0.1) is 19.0 Å². The molecule has 2 aliphatic rings. The molecule has 1 fully saturated rings. The molecule has 1 heterocycles. The van der Waals surface area contributed by atoms with Crippen LogP contribution in [-0.4, -0.2) is 25.9 Å². The van der Waals surface area contributed by atoms with E-state index in [0.29, 0.717) is 6.61 Å². The molecular weight excluding hydrogens is 360 g/mol. The lowest BCUT2D eigenvalue weighted by molar-refractivity contribution is 0.205. The van der Waals surface area contributed by atoms with Crippen molar-refractivity contribution in [2.75, 3.05) is 19.8 Å². The van der Waals surface area contributed by atoms with E-state index >= 15 is 0 Å². The smallest absolute Gasteiger partial charge is 0.120 e. The zero-order valence-electron chi connectivity index (χ0n) is 16.8. The van der Waals surface area contributed by atoms with E-state index in [4.69, 9.17) is 14.2 Å². The van der Waals surface area contributed by atoms with Crippen molar-refractivity contribution in [3.8, 4) is 16.9 Å². The van der Waals surface area contributed by atoms with Crippen LogP contribution in [0.3, 0.4) is 0 Å². The van der Waals surface area contributed by atoms with E-state index in [1.807, 2.05) is 6.07 Å². The SMILES string of the molecule is CCCOC1=Cc2ccc(-c3ccc4cc(OCC5CO5)ccc4c3)cc2CC1. The average molecular weight is 386 g/mol. The van der Waals surface area contributed by atoms with E-state index in [-0.39, 0.29) is 6.10 Å². The van der Waals surface area contributed by atoms with Crippen LogP contribution in [0, 0.1) is 0 Å². The van der Waals surface area contributed by atoms with E-state index in [9.17, 15) is 0 Å². The molecule has 0 spiro atoms. The van der Waals surface area contributed by atoms with Crippen molar-refractivity contribution in [3.05, 3.63) is 71.5 Å². The molecule has 0 radical (unpaired) electrons. The number of ether oxygens (including phenoxy) is 3. The largest absolute Gasteiger partial charge is 0.498 e. The first-order valence-electron chi connectivity index (χ1n) is 10.5. The van der Waals surface area contributed by atoms with Crippen LogP contribution < -0.4 is 4.74 Å². The molecule has 1 saturated heterocycles. The molecule has 3 nitrogen and oxygen atoms in total. The quantitative estimate of drug-likeness (QED) is 0.467. The molecule has 0 saturated carbocycles. The van der Waals surface area contributed by atoms with Gasteiger partial charge in [0.25, 0.3) is 0 Å². The van der Waals surface area contributed by atoms with Gasteiger partial charge >= 0.3 is 0 Å². The minimum absolute atomic E-state index is 0.279. The number of fused-ring (bicyclic) bond motifs is 2. The van der Waals surface area contributed by atoms with E-state index in [1.165, 1.54) is 33.0 Å². The summed E-state index contributed by atoms with van der Waals surface area (Å²) >= 11 is 0. The van der Waals surface area contributed by atoms with E-state index in [2.05, 4.69) is 61.5 Å². The molecular formula is C26H26O3. The van der Waals surface area contributed by atoms with Crippen molar-refractivity contribution >= 4 is 16.8 Å². The summed E-state index contributed by atoms with van der Waals surface area (Å²) in [7, 11) is 0. The third-order valence-corrected chi connectivity index (χ3v) is 5.58. The summed E-state index contributed by atoms with van der Waals surface area (Å²) in [4.78, 5) is 0. The maximum Gasteiger partial charge on any atom is 0.120 e. The molecule has 1 aliphatic heterocycles. The normalized spacial score (nSPS) is 17.6. The summed E-state index contributed by atoms with van der Waals surface area (Å²) in [5, 5.41) is 2.42. The van der Waals surface area contributed by atoms with Gasteiger partial charge in [0.1, 0.15) is 18.5 Å². The monoisotopic (exact) mass is 386 g/mol. The van der Waals surface area contributed by atoms with Crippen LogP contribution in [0.2, 0.25) is 0 Å². The van der Waals surface area contributed by atoms with Gasteiger partial charge in [0.2, 0.25) is 0 Å². The summed E-state index contributed by atoms with van der Waals surface area (Å²) in [5.74, 6) is 2.02. The summed E-state index contributed by atoms with van der Waals surface area (Å²) in [6, 6.07) is 19.7. The highest BCUT2D eigenvalue weighted by molar-refractivity contribution is 5.88. The first kappa shape index (κ1) is 18.3. The van der Waals surface area contributed by atoms with Crippen LogP contribution in [0.4, 0.5) is 0 Å². The maximum absolute atomic E-state index is 5.84. The molecule has 1 unspecified atom stereocenters. The number of allylic oxidation sites excluding steroid dienone is 1. The lowest BCUT2D eigenvalue weighted by atomic mass is 9.92. The maximum atomic E-state index is 5.84. The topological polar surface area (TPSA) is 31.0 Å². The number of hydrogen-bond acceptors (Lipinski definition) is 3. The summed E-state index contributed by atoms with van der Waals surface area (Å²) in [5.41, 5.74) is 5.20. The standard InChI is InChI=1S/C26H26O3/c1-2-11-27-24-9-7-20-12-18(3-5-22(20)14-24)19-4-6-23-15-25(10-8-21(23)13-19)28-16-26-17-29-26/h3-6,8,10,12-15,26H,2,7,9,11,16-17H2,1H3. The second-order valence-electron chi connectivity index (χ2n) is 7.86. The van der Waals surface area contributed by atoms with Crippen LogP contribution in [0.25, 0.3) is 28.0 Å². The number of rotatable bonds is 7. The van der Waals surface area contributed by atoms with Crippen LogP contribution in [0.1, 0.15) is 30.9 Å². The molecule has 3 aromatic rings. The molecule has 0 amide bonds. The van der Waals surface area contributed by atoms with Crippen molar-refractivity contribution in [2.24, 2.45) is 0 Å². The van der Waals surface area contributed by atoms with Crippen molar-refractivity contribution in [3.63, 3.8) is 0 Å². The number of aryl methyl sites for hydroxylation is 1. The van der Waals surface area contributed by atoms with Crippen molar-refractivity contribution in [2.45, 2.75) is 32.3 Å². The molecule has 0 N–H and O–H groups in total. The zero-order valence-corrected chi connectivity index (χ0v) is 16.8.